The summed E-state index contributed by atoms with van der Waals surface area (Å²) in [5, 5.41) is 107. The monoisotopic (exact) mass is 1460 g/mol. The number of nitrogens with one attached hydrogen (secondary N) is 6. The van der Waals surface area contributed by atoms with Crippen LogP contribution >= 0.6 is 6.72 Å². The molecule has 4 aliphatic rings. The summed E-state index contributed by atoms with van der Waals surface area (Å²) in [4.78, 5) is 121. The van der Waals surface area contributed by atoms with Crippen molar-refractivity contribution in [1.29, 1.82) is 0 Å². The van der Waals surface area contributed by atoms with Gasteiger partial charge in [-0.1, -0.05) is 11.8 Å². The summed E-state index contributed by atoms with van der Waals surface area (Å²) in [6.45, 7) is 2.30. The van der Waals surface area contributed by atoms with E-state index in [4.69, 9.17) is 58.7 Å². The Bertz CT molecular complexity index is 2450. The first-order valence-corrected chi connectivity index (χ1v) is 35.9. The van der Waals surface area contributed by atoms with Crippen molar-refractivity contribution in [2.75, 3.05) is 138 Å². The van der Waals surface area contributed by atoms with Gasteiger partial charge in [0.2, 0.25) is 47.3 Å². The second kappa shape index (κ2) is 44.9. The predicted molar refractivity (Wildman–Crippen MR) is 346 cm³/mol. The SMILES string of the molecule is CC(=O)NC1C(CCCOCCNC(=O)CN(CCCN(CC(=O)NCCOCCOC2OC(CO)C(O)C(O)C2NC(C)=O)C(=O)CCCC(=O)N2CCC(OP([O-])(=S)OC(C)(C)C)CC2)CC(=O)NCCOCCOC2OC(CO)C(O)C(O)C2NC(C)=O)OC(CO)C(O)C1O. The second-order valence-corrected chi connectivity index (χ2v) is 27.9. The highest BCUT2D eigenvalue weighted by atomic mass is 32.5. The molecule has 572 valence electrons. The van der Waals surface area contributed by atoms with E-state index in [2.05, 4.69) is 31.9 Å². The van der Waals surface area contributed by atoms with Crippen LogP contribution in [0.3, 0.4) is 0 Å². The first-order valence-electron chi connectivity index (χ1n) is 33.3. The first-order chi connectivity index (χ1) is 46.9. The Morgan fingerprint density at radius 2 is 0.980 bits per heavy atom. The van der Waals surface area contributed by atoms with E-state index in [1.165, 1.54) is 30.6 Å². The quantitative estimate of drug-likeness (QED) is 0.0199. The van der Waals surface area contributed by atoms with Gasteiger partial charge in [-0.05, 0) is 59.3 Å². The summed E-state index contributed by atoms with van der Waals surface area (Å²) < 4.78 is 56.2. The number of rotatable bonds is 44. The van der Waals surface area contributed by atoms with Crippen LogP contribution in [0.5, 0.6) is 0 Å². The van der Waals surface area contributed by atoms with Gasteiger partial charge in [0, 0.05) is 86.0 Å². The number of ether oxygens (including phenoxy) is 8. The Balaban J connectivity index is 1.37. The maximum atomic E-state index is 14.0. The second-order valence-electron chi connectivity index (χ2n) is 25.3. The van der Waals surface area contributed by atoms with Crippen LogP contribution < -0.4 is 36.8 Å². The normalized spacial score (nSPS) is 27.4. The molecule has 4 saturated heterocycles. The minimum absolute atomic E-state index is 0.0114. The van der Waals surface area contributed by atoms with E-state index < -0.39 is 178 Å². The zero-order valence-corrected chi connectivity index (χ0v) is 58.9. The van der Waals surface area contributed by atoms with Gasteiger partial charge in [-0.2, -0.15) is 0 Å². The van der Waals surface area contributed by atoms with E-state index in [1.54, 1.807) is 25.7 Å². The van der Waals surface area contributed by atoms with Crippen LogP contribution in [0.4, 0.5) is 0 Å². The maximum Gasteiger partial charge on any atom is 0.239 e. The lowest BCUT2D eigenvalue weighted by molar-refractivity contribution is -0.272. The average molecular weight is 1470 g/mol. The fraction of sp³-hybridized carbons (Fsp3) is 0.867. The minimum Gasteiger partial charge on any atom is -0.780 e. The molecule has 15 N–H and O–H groups in total. The summed E-state index contributed by atoms with van der Waals surface area (Å²) in [7, 11) is 0. The lowest BCUT2D eigenvalue weighted by atomic mass is 9.90. The molecule has 0 aromatic rings. The molecule has 0 spiro atoms. The van der Waals surface area contributed by atoms with Crippen LogP contribution in [0.25, 0.3) is 0 Å². The molecular formula is C60H107N9O28PS-. The molecule has 37 nitrogen and oxygen atoms in total. The van der Waals surface area contributed by atoms with Gasteiger partial charge >= 0.3 is 0 Å². The lowest BCUT2D eigenvalue weighted by Gasteiger charge is -2.42. The van der Waals surface area contributed by atoms with Crippen LogP contribution in [0.1, 0.15) is 92.9 Å². The number of hydrogen-bond acceptors (Lipinski definition) is 30. The number of piperidine rings is 1. The van der Waals surface area contributed by atoms with Crippen molar-refractivity contribution in [2.24, 2.45) is 0 Å². The fourth-order valence-electron chi connectivity index (χ4n) is 11.2. The van der Waals surface area contributed by atoms with Gasteiger partial charge in [0.15, 0.2) is 12.6 Å². The highest BCUT2D eigenvalue weighted by Crippen LogP contribution is 2.46. The molecule has 0 aromatic carbocycles. The third-order valence-corrected chi connectivity index (χ3v) is 17.8. The Morgan fingerprint density at radius 1 is 0.545 bits per heavy atom. The summed E-state index contributed by atoms with van der Waals surface area (Å²) >= 11 is 5.09. The van der Waals surface area contributed by atoms with Crippen LogP contribution in [-0.4, -0.2) is 349 Å². The third-order valence-electron chi connectivity index (χ3n) is 16.0. The van der Waals surface area contributed by atoms with Crippen LogP contribution in [0.15, 0.2) is 0 Å². The highest BCUT2D eigenvalue weighted by molar-refractivity contribution is 8.06. The van der Waals surface area contributed by atoms with Crippen molar-refractivity contribution < 1.29 is 136 Å². The number of hydrogen-bond donors (Lipinski definition) is 15. The van der Waals surface area contributed by atoms with Crippen LogP contribution in [-0.2, 0) is 97.1 Å². The van der Waals surface area contributed by atoms with E-state index in [9.17, 15) is 89.2 Å². The standard InChI is InChI=1S/C60H108N9O28PS/c1-36(73)64-49-40(93-41(33-70)52(81)55(49)84)10-8-22-88-23-15-61-44(76)30-67(31-45(77)62-16-24-89-26-28-91-58-50(65-37(2)74)56(85)53(82)42(34-71)94-58)18-9-19-69(48(80)12-7-11-47(79)68-20-13-39(14-21-68)96-98(87,99)97-60(4,5)6)32-46(78)63-17-25-90-27-29-92-59-51(66-38(3)75)57(86)54(83)43(35-72)95-59/h39-43,49-59,70-72,81-86H,7-35H2,1-6H3,(H,61,76)(H,62,77)(H,63,78)(H,64,73)(H,65,74)(H,66,75)(H,87,99)/p-1. The van der Waals surface area contributed by atoms with E-state index >= 15 is 0 Å². The molecule has 0 bridgehead atoms. The van der Waals surface area contributed by atoms with Gasteiger partial charge in [-0.25, -0.2) is 0 Å². The van der Waals surface area contributed by atoms with Crippen molar-refractivity contribution in [3.8, 4) is 0 Å². The van der Waals surface area contributed by atoms with Gasteiger partial charge in [0.25, 0.3) is 0 Å². The van der Waals surface area contributed by atoms with Crippen molar-refractivity contribution in [2.45, 2.75) is 196 Å². The van der Waals surface area contributed by atoms with Gasteiger partial charge in [-0.15, -0.1) is 0 Å². The molecule has 99 heavy (non-hydrogen) atoms. The number of carbonyl (C=O) groups is 8. The van der Waals surface area contributed by atoms with E-state index in [0.717, 1.165) is 0 Å². The van der Waals surface area contributed by atoms with Gasteiger partial charge in [-0.3, -0.25) is 43.3 Å². The summed E-state index contributed by atoms with van der Waals surface area (Å²) in [5.41, 5.74) is -0.801. The molecule has 0 aliphatic carbocycles. The van der Waals surface area contributed by atoms with Gasteiger partial charge in [0.05, 0.1) is 110 Å². The summed E-state index contributed by atoms with van der Waals surface area (Å²) in [6, 6.07) is -3.29. The molecule has 8 amide bonds. The number of likely N-dealkylation sites (tertiary alicyclic amines) is 1. The maximum absolute atomic E-state index is 14.0. The largest absolute Gasteiger partial charge is 0.780 e. The molecule has 4 fully saturated rings. The molecule has 0 radical (unpaired) electrons. The predicted octanol–water partition coefficient (Wildman–Crippen LogP) is -7.83. The molecule has 4 aliphatic heterocycles. The molecule has 16 atom stereocenters. The number of aliphatic hydroxyl groups is 9. The number of carbonyl (C=O) groups excluding carboxylic acids is 8. The van der Waals surface area contributed by atoms with Gasteiger partial charge < -0.3 is 139 Å². The number of amides is 8. The molecule has 4 rings (SSSR count). The molecule has 16 unspecified atom stereocenters. The molecule has 0 saturated carbocycles. The topological polar surface area (TPSA) is 516 Å². The number of nitrogens with zero attached hydrogens (tertiary/aromatic N) is 3. The Labute approximate surface area is 581 Å². The van der Waals surface area contributed by atoms with Crippen molar-refractivity contribution in [3.05, 3.63) is 0 Å². The number of aliphatic hydroxyl groups excluding tert-OH is 9. The molecule has 4 heterocycles. The Hall–Kier alpha value is -4.43. The van der Waals surface area contributed by atoms with Crippen molar-refractivity contribution in [1.82, 2.24) is 46.6 Å². The van der Waals surface area contributed by atoms with E-state index in [1.807, 2.05) is 0 Å². The molecular weight excluding hydrogens is 1360 g/mol. The average Bonchev–Trinajstić information content (AvgIpc) is 0.830. The first kappa shape index (κ1) is 87.0. The van der Waals surface area contributed by atoms with Crippen LogP contribution in [0.2, 0.25) is 0 Å². The molecule has 0 aromatic heterocycles. The van der Waals surface area contributed by atoms with E-state index in [0.29, 0.717) is 19.3 Å². The van der Waals surface area contributed by atoms with Gasteiger partial charge in [0.1, 0.15) is 73.7 Å². The highest BCUT2D eigenvalue weighted by Gasteiger charge is 2.48. The fourth-order valence-corrected chi connectivity index (χ4v) is 13.5. The Morgan fingerprint density at radius 3 is 1.43 bits per heavy atom. The van der Waals surface area contributed by atoms with Crippen molar-refractivity contribution >= 4 is 65.8 Å². The Kier molecular flexibility index (Phi) is 39.5. The zero-order chi connectivity index (χ0) is 73.4. The van der Waals surface area contributed by atoms with E-state index in [-0.39, 0.29) is 150 Å². The summed E-state index contributed by atoms with van der Waals surface area (Å²) in [6.07, 6.45) is -14.7. The third kappa shape index (κ3) is 32.0. The minimum atomic E-state index is -3.80. The summed E-state index contributed by atoms with van der Waals surface area (Å²) in [5.74, 6) is -3.87. The van der Waals surface area contributed by atoms with Crippen molar-refractivity contribution in [3.63, 3.8) is 0 Å². The molecule has 39 heteroatoms. The smallest absolute Gasteiger partial charge is 0.239 e. The van der Waals surface area contributed by atoms with Crippen LogP contribution in [0, 0.1) is 0 Å². The lowest BCUT2D eigenvalue weighted by Crippen LogP contribution is -2.64. The zero-order valence-electron chi connectivity index (χ0n) is 57.2.